The molecule has 4 heteroatoms. The summed E-state index contributed by atoms with van der Waals surface area (Å²) in [5.41, 5.74) is 1.22. The molecule has 0 aliphatic heterocycles. The molecule has 1 heterocycles. The summed E-state index contributed by atoms with van der Waals surface area (Å²) >= 11 is 0. The third-order valence-electron chi connectivity index (χ3n) is 3.73. The van der Waals surface area contributed by atoms with Crippen LogP contribution in [0.4, 0.5) is 0 Å². The van der Waals surface area contributed by atoms with Gasteiger partial charge in [-0.3, -0.25) is 4.79 Å². The quantitative estimate of drug-likeness (QED) is 0.840. The van der Waals surface area contributed by atoms with Gasteiger partial charge < -0.3 is 5.32 Å². The van der Waals surface area contributed by atoms with Crippen molar-refractivity contribution >= 4 is 5.91 Å². The lowest BCUT2D eigenvalue weighted by Crippen LogP contribution is -2.33. The molecule has 0 aromatic carbocycles. The normalized spacial score (nSPS) is 16.9. The van der Waals surface area contributed by atoms with Crippen LogP contribution in [-0.4, -0.2) is 22.4 Å². The summed E-state index contributed by atoms with van der Waals surface area (Å²) in [7, 11) is 0. The number of hydrogen-bond acceptors (Lipinski definition) is 3. The van der Waals surface area contributed by atoms with E-state index in [1.54, 1.807) is 12.4 Å². The van der Waals surface area contributed by atoms with Crippen molar-refractivity contribution in [2.24, 2.45) is 11.3 Å². The van der Waals surface area contributed by atoms with E-state index in [0.29, 0.717) is 17.8 Å². The first-order valence-corrected chi connectivity index (χ1v) is 6.13. The zero-order valence-corrected chi connectivity index (χ0v) is 10.4. The highest BCUT2D eigenvalue weighted by atomic mass is 16.1. The molecule has 1 fully saturated rings. The summed E-state index contributed by atoms with van der Waals surface area (Å²) in [6, 6.07) is 0. The van der Waals surface area contributed by atoms with Gasteiger partial charge in [0.15, 0.2) is 0 Å². The zero-order chi connectivity index (χ0) is 12.3. The van der Waals surface area contributed by atoms with Gasteiger partial charge >= 0.3 is 0 Å². The first-order chi connectivity index (χ1) is 8.12. The van der Waals surface area contributed by atoms with E-state index in [2.05, 4.69) is 29.1 Å². The molecule has 1 aliphatic rings. The molecule has 2 rings (SSSR count). The van der Waals surface area contributed by atoms with Gasteiger partial charge in [-0.05, 0) is 29.7 Å². The third-order valence-corrected chi connectivity index (χ3v) is 3.73. The van der Waals surface area contributed by atoms with E-state index in [4.69, 9.17) is 0 Å². The van der Waals surface area contributed by atoms with Gasteiger partial charge in [0, 0.05) is 18.9 Å². The van der Waals surface area contributed by atoms with E-state index < -0.39 is 0 Å². The molecule has 0 bridgehead atoms. The van der Waals surface area contributed by atoms with Crippen LogP contribution in [0.2, 0.25) is 0 Å². The summed E-state index contributed by atoms with van der Waals surface area (Å²) in [5, 5.41) is 3.02. The van der Waals surface area contributed by atoms with Gasteiger partial charge in [-0.25, -0.2) is 9.97 Å². The highest BCUT2D eigenvalue weighted by Crippen LogP contribution is 2.51. The molecular formula is C13H19N3O. The molecule has 1 aromatic heterocycles. The Labute approximate surface area is 102 Å². The fourth-order valence-electron chi connectivity index (χ4n) is 2.06. The predicted octanol–water partition coefficient (Wildman–Crippen LogP) is 1.57. The van der Waals surface area contributed by atoms with Crippen LogP contribution in [0, 0.1) is 11.3 Å². The molecule has 1 aromatic rings. The predicted molar refractivity (Wildman–Crippen MR) is 65.3 cm³/mol. The monoisotopic (exact) mass is 233 g/mol. The summed E-state index contributed by atoms with van der Waals surface area (Å²) in [5.74, 6) is 0.703. The fraction of sp³-hybridized carbons (Fsp3) is 0.615. The van der Waals surface area contributed by atoms with E-state index in [-0.39, 0.29) is 5.91 Å². The summed E-state index contributed by atoms with van der Waals surface area (Å²) in [6.07, 6.45) is 7.68. The molecule has 92 valence electrons. The Morgan fingerprint density at radius 2 is 2.06 bits per heavy atom. The SMILES string of the molecule is CC(C)C1(CNC(=O)Cc2cncnc2)CC1. The van der Waals surface area contributed by atoms with E-state index in [1.807, 2.05) is 0 Å². The number of amides is 1. The summed E-state index contributed by atoms with van der Waals surface area (Å²) < 4.78 is 0. The smallest absolute Gasteiger partial charge is 0.224 e. The van der Waals surface area contributed by atoms with Crippen LogP contribution in [-0.2, 0) is 11.2 Å². The molecule has 0 atom stereocenters. The van der Waals surface area contributed by atoms with Crippen molar-refractivity contribution in [3.63, 3.8) is 0 Å². The molecule has 0 unspecified atom stereocenters. The Bertz CT molecular complexity index is 385. The van der Waals surface area contributed by atoms with Crippen LogP contribution >= 0.6 is 0 Å². The summed E-state index contributed by atoms with van der Waals surface area (Å²) in [6.45, 7) is 5.26. The second kappa shape index (κ2) is 4.82. The maximum Gasteiger partial charge on any atom is 0.224 e. The minimum Gasteiger partial charge on any atom is -0.355 e. The number of nitrogens with one attached hydrogen (secondary N) is 1. The van der Waals surface area contributed by atoms with Gasteiger partial charge in [0.05, 0.1) is 6.42 Å². The van der Waals surface area contributed by atoms with Gasteiger partial charge in [0.25, 0.3) is 0 Å². The first kappa shape index (κ1) is 12.0. The minimum atomic E-state index is 0.0618. The van der Waals surface area contributed by atoms with Crippen molar-refractivity contribution in [3.05, 3.63) is 24.3 Å². The van der Waals surface area contributed by atoms with Crippen LogP contribution in [0.3, 0.4) is 0 Å². The Morgan fingerprint density at radius 3 is 2.59 bits per heavy atom. The van der Waals surface area contributed by atoms with Crippen molar-refractivity contribution in [3.8, 4) is 0 Å². The second-order valence-electron chi connectivity index (χ2n) is 5.22. The van der Waals surface area contributed by atoms with Gasteiger partial charge in [-0.1, -0.05) is 13.8 Å². The maximum atomic E-state index is 11.7. The van der Waals surface area contributed by atoms with Crippen LogP contribution in [0.5, 0.6) is 0 Å². The number of carbonyl (C=O) groups excluding carboxylic acids is 1. The minimum absolute atomic E-state index is 0.0618. The van der Waals surface area contributed by atoms with Crippen LogP contribution in [0.25, 0.3) is 0 Å². The lowest BCUT2D eigenvalue weighted by Gasteiger charge is -2.19. The number of aromatic nitrogens is 2. The van der Waals surface area contributed by atoms with Crippen molar-refractivity contribution in [1.29, 1.82) is 0 Å². The highest BCUT2D eigenvalue weighted by molar-refractivity contribution is 5.78. The standard InChI is InChI=1S/C13H19N3O/c1-10(2)13(3-4-13)8-16-12(17)5-11-6-14-9-15-7-11/h6-7,9-10H,3-5,8H2,1-2H3,(H,16,17). The lowest BCUT2D eigenvalue weighted by atomic mass is 9.92. The Kier molecular flexibility index (Phi) is 3.41. The van der Waals surface area contributed by atoms with E-state index in [0.717, 1.165) is 12.1 Å². The largest absolute Gasteiger partial charge is 0.355 e. The number of hydrogen-bond donors (Lipinski definition) is 1. The molecule has 1 amide bonds. The lowest BCUT2D eigenvalue weighted by molar-refractivity contribution is -0.120. The van der Waals surface area contributed by atoms with Crippen molar-refractivity contribution in [2.75, 3.05) is 6.54 Å². The third kappa shape index (κ3) is 3.02. The van der Waals surface area contributed by atoms with Gasteiger partial charge in [-0.15, -0.1) is 0 Å². The maximum absolute atomic E-state index is 11.7. The molecular weight excluding hydrogens is 214 g/mol. The van der Waals surface area contributed by atoms with Gasteiger partial charge in [0.2, 0.25) is 5.91 Å². The second-order valence-corrected chi connectivity index (χ2v) is 5.22. The van der Waals surface area contributed by atoms with Crippen molar-refractivity contribution in [2.45, 2.75) is 33.1 Å². The molecule has 0 saturated heterocycles. The molecule has 17 heavy (non-hydrogen) atoms. The van der Waals surface area contributed by atoms with Crippen molar-refractivity contribution < 1.29 is 4.79 Å². The average Bonchev–Trinajstić information content (AvgIpc) is 3.09. The highest BCUT2D eigenvalue weighted by Gasteiger charge is 2.45. The van der Waals surface area contributed by atoms with E-state index >= 15 is 0 Å². The van der Waals surface area contributed by atoms with Gasteiger partial charge in [0.1, 0.15) is 6.33 Å². The molecule has 4 nitrogen and oxygen atoms in total. The van der Waals surface area contributed by atoms with Crippen LogP contribution < -0.4 is 5.32 Å². The fourth-order valence-corrected chi connectivity index (χ4v) is 2.06. The number of carbonyl (C=O) groups is 1. The summed E-state index contributed by atoms with van der Waals surface area (Å²) in [4.78, 5) is 19.5. The van der Waals surface area contributed by atoms with E-state index in [1.165, 1.54) is 19.2 Å². The van der Waals surface area contributed by atoms with Crippen LogP contribution in [0.15, 0.2) is 18.7 Å². The Hall–Kier alpha value is -1.45. The number of rotatable bonds is 5. The zero-order valence-electron chi connectivity index (χ0n) is 10.4. The Morgan fingerprint density at radius 1 is 1.41 bits per heavy atom. The average molecular weight is 233 g/mol. The number of nitrogens with zero attached hydrogens (tertiary/aromatic N) is 2. The topological polar surface area (TPSA) is 54.9 Å². The molecule has 1 saturated carbocycles. The Balaban J connectivity index is 1.79. The van der Waals surface area contributed by atoms with E-state index in [9.17, 15) is 4.79 Å². The molecule has 0 spiro atoms. The first-order valence-electron chi connectivity index (χ1n) is 6.13. The van der Waals surface area contributed by atoms with Gasteiger partial charge in [-0.2, -0.15) is 0 Å². The molecule has 1 N–H and O–H groups in total. The molecule has 1 aliphatic carbocycles. The van der Waals surface area contributed by atoms with Crippen molar-refractivity contribution in [1.82, 2.24) is 15.3 Å². The molecule has 0 radical (unpaired) electrons. The van der Waals surface area contributed by atoms with Crippen LogP contribution in [0.1, 0.15) is 32.3 Å².